The molecule has 0 aromatic heterocycles. The van der Waals surface area contributed by atoms with Gasteiger partial charge in [0.05, 0.1) is 6.04 Å². The van der Waals surface area contributed by atoms with Crippen LogP contribution in [0, 0.1) is 0 Å². The van der Waals surface area contributed by atoms with Gasteiger partial charge >= 0.3 is 0 Å². The number of nitrogens with one attached hydrogen (secondary N) is 1. The van der Waals surface area contributed by atoms with Crippen LogP contribution in [0.15, 0.2) is 24.3 Å². The van der Waals surface area contributed by atoms with Crippen LogP contribution >= 0.6 is 11.6 Å². The van der Waals surface area contributed by atoms with E-state index < -0.39 is 6.04 Å². The van der Waals surface area contributed by atoms with Crippen molar-refractivity contribution >= 4 is 17.5 Å². The van der Waals surface area contributed by atoms with Crippen LogP contribution in [-0.2, 0) is 11.2 Å². The molecule has 3 nitrogen and oxygen atoms in total. The SMILES string of the molecule is CCC[C@@H](N)C(=O)NC(C)Cc1cccc(Cl)c1. The van der Waals surface area contributed by atoms with Gasteiger partial charge in [-0.15, -0.1) is 0 Å². The molecule has 0 bridgehead atoms. The minimum absolute atomic E-state index is 0.0545. The zero-order valence-corrected chi connectivity index (χ0v) is 11.7. The third-order valence-corrected chi connectivity index (χ3v) is 2.99. The van der Waals surface area contributed by atoms with E-state index in [9.17, 15) is 4.79 Å². The Labute approximate surface area is 114 Å². The van der Waals surface area contributed by atoms with Gasteiger partial charge in [0.15, 0.2) is 0 Å². The number of rotatable bonds is 6. The fraction of sp³-hybridized carbons (Fsp3) is 0.500. The molecule has 1 aromatic rings. The molecule has 18 heavy (non-hydrogen) atoms. The summed E-state index contributed by atoms with van der Waals surface area (Å²) in [7, 11) is 0. The van der Waals surface area contributed by atoms with Crippen molar-refractivity contribution in [3.63, 3.8) is 0 Å². The number of benzene rings is 1. The zero-order valence-electron chi connectivity index (χ0n) is 10.9. The molecular formula is C14H21ClN2O. The molecule has 3 N–H and O–H groups in total. The maximum absolute atomic E-state index is 11.7. The lowest BCUT2D eigenvalue weighted by Crippen LogP contribution is -2.45. The van der Waals surface area contributed by atoms with Gasteiger partial charge in [0.2, 0.25) is 5.91 Å². The van der Waals surface area contributed by atoms with Crippen LogP contribution in [0.2, 0.25) is 5.02 Å². The van der Waals surface area contributed by atoms with E-state index in [0.29, 0.717) is 5.02 Å². The topological polar surface area (TPSA) is 55.1 Å². The summed E-state index contributed by atoms with van der Waals surface area (Å²) < 4.78 is 0. The summed E-state index contributed by atoms with van der Waals surface area (Å²) in [6, 6.07) is 7.31. The molecule has 0 fully saturated rings. The van der Waals surface area contributed by atoms with Crippen molar-refractivity contribution < 1.29 is 4.79 Å². The van der Waals surface area contributed by atoms with Crippen molar-refractivity contribution in [3.8, 4) is 0 Å². The molecule has 0 spiro atoms. The first-order valence-corrected chi connectivity index (χ1v) is 6.71. The van der Waals surface area contributed by atoms with E-state index in [1.165, 1.54) is 0 Å². The summed E-state index contributed by atoms with van der Waals surface area (Å²) >= 11 is 5.92. The second kappa shape index (κ2) is 7.39. The van der Waals surface area contributed by atoms with E-state index >= 15 is 0 Å². The Balaban J connectivity index is 2.46. The summed E-state index contributed by atoms with van der Waals surface area (Å²) in [5.74, 6) is -0.0774. The molecule has 0 radical (unpaired) electrons. The Kier molecular flexibility index (Phi) is 6.16. The Morgan fingerprint density at radius 3 is 2.83 bits per heavy atom. The largest absolute Gasteiger partial charge is 0.352 e. The lowest BCUT2D eigenvalue weighted by Gasteiger charge is -2.17. The number of amides is 1. The first kappa shape index (κ1) is 15.0. The van der Waals surface area contributed by atoms with Gasteiger partial charge in [-0.3, -0.25) is 4.79 Å². The Hall–Kier alpha value is -1.06. The highest BCUT2D eigenvalue weighted by molar-refractivity contribution is 6.30. The highest BCUT2D eigenvalue weighted by Crippen LogP contribution is 2.12. The monoisotopic (exact) mass is 268 g/mol. The number of hydrogen-bond acceptors (Lipinski definition) is 2. The van der Waals surface area contributed by atoms with Gasteiger partial charge in [-0.2, -0.15) is 0 Å². The van der Waals surface area contributed by atoms with Crippen molar-refractivity contribution in [1.82, 2.24) is 5.32 Å². The number of halogens is 1. The first-order valence-electron chi connectivity index (χ1n) is 6.33. The second-order valence-corrected chi connectivity index (χ2v) is 5.08. The van der Waals surface area contributed by atoms with Crippen LogP contribution in [0.3, 0.4) is 0 Å². The van der Waals surface area contributed by atoms with Crippen LogP contribution in [0.5, 0.6) is 0 Å². The Morgan fingerprint density at radius 1 is 1.50 bits per heavy atom. The van der Waals surface area contributed by atoms with Crippen molar-refractivity contribution in [1.29, 1.82) is 0 Å². The molecule has 0 heterocycles. The van der Waals surface area contributed by atoms with Crippen LogP contribution < -0.4 is 11.1 Å². The molecule has 0 saturated carbocycles. The molecule has 0 aliphatic carbocycles. The molecule has 100 valence electrons. The normalized spacial score (nSPS) is 14.0. The van der Waals surface area contributed by atoms with E-state index in [1.807, 2.05) is 38.1 Å². The predicted molar refractivity (Wildman–Crippen MR) is 75.6 cm³/mol. The Morgan fingerprint density at radius 2 is 2.22 bits per heavy atom. The summed E-state index contributed by atoms with van der Waals surface area (Å²) in [6.07, 6.45) is 2.39. The maximum atomic E-state index is 11.7. The molecule has 1 rings (SSSR count). The third-order valence-electron chi connectivity index (χ3n) is 2.76. The minimum Gasteiger partial charge on any atom is -0.352 e. The summed E-state index contributed by atoms with van der Waals surface area (Å²) in [4.78, 5) is 11.7. The highest BCUT2D eigenvalue weighted by Gasteiger charge is 2.14. The van der Waals surface area contributed by atoms with Crippen LogP contribution in [-0.4, -0.2) is 18.0 Å². The quantitative estimate of drug-likeness (QED) is 0.833. The minimum atomic E-state index is -0.406. The molecule has 0 aliphatic heterocycles. The molecule has 1 aromatic carbocycles. The summed E-state index contributed by atoms with van der Waals surface area (Å²) in [5.41, 5.74) is 6.87. The third kappa shape index (κ3) is 5.07. The molecule has 1 amide bonds. The highest BCUT2D eigenvalue weighted by atomic mass is 35.5. The van der Waals surface area contributed by atoms with Gasteiger partial charge in [0.1, 0.15) is 0 Å². The van der Waals surface area contributed by atoms with Crippen molar-refractivity contribution in [2.24, 2.45) is 5.73 Å². The van der Waals surface area contributed by atoms with E-state index in [2.05, 4.69) is 5.32 Å². The smallest absolute Gasteiger partial charge is 0.237 e. The molecule has 0 saturated heterocycles. The van der Waals surface area contributed by atoms with Gasteiger partial charge in [0.25, 0.3) is 0 Å². The fourth-order valence-corrected chi connectivity index (χ4v) is 2.07. The zero-order chi connectivity index (χ0) is 13.5. The molecular weight excluding hydrogens is 248 g/mol. The average molecular weight is 269 g/mol. The van der Waals surface area contributed by atoms with Crippen molar-refractivity contribution in [2.45, 2.75) is 45.2 Å². The van der Waals surface area contributed by atoms with E-state index in [-0.39, 0.29) is 11.9 Å². The van der Waals surface area contributed by atoms with Crippen molar-refractivity contribution in [3.05, 3.63) is 34.9 Å². The summed E-state index contributed by atoms with van der Waals surface area (Å²) in [5, 5.41) is 3.64. The first-order chi connectivity index (χ1) is 8.52. The van der Waals surface area contributed by atoms with Gasteiger partial charge < -0.3 is 11.1 Å². The standard InChI is InChI=1S/C14H21ClN2O/c1-3-5-13(16)14(18)17-10(2)8-11-6-4-7-12(15)9-11/h4,6-7,9-10,13H,3,5,8,16H2,1-2H3,(H,17,18)/t10?,13-/m1/s1. The van der Waals surface area contributed by atoms with E-state index in [1.54, 1.807) is 0 Å². The maximum Gasteiger partial charge on any atom is 0.237 e. The van der Waals surface area contributed by atoms with Gasteiger partial charge in [-0.05, 0) is 37.5 Å². The average Bonchev–Trinajstić information content (AvgIpc) is 2.28. The number of carbonyl (C=O) groups excluding carboxylic acids is 1. The van der Waals surface area contributed by atoms with Gasteiger partial charge in [0, 0.05) is 11.1 Å². The van der Waals surface area contributed by atoms with Crippen molar-refractivity contribution in [2.75, 3.05) is 0 Å². The van der Waals surface area contributed by atoms with Gasteiger partial charge in [-0.1, -0.05) is 37.1 Å². The molecule has 0 aliphatic rings. The lowest BCUT2D eigenvalue weighted by atomic mass is 10.1. The predicted octanol–water partition coefficient (Wildman–Crippen LogP) is 2.51. The van der Waals surface area contributed by atoms with Crippen LogP contribution in [0.25, 0.3) is 0 Å². The molecule has 4 heteroatoms. The number of carbonyl (C=O) groups is 1. The summed E-state index contributed by atoms with van der Waals surface area (Å²) in [6.45, 7) is 3.99. The molecule has 1 unspecified atom stereocenters. The number of hydrogen-bond donors (Lipinski definition) is 2. The fourth-order valence-electron chi connectivity index (χ4n) is 1.86. The second-order valence-electron chi connectivity index (χ2n) is 4.64. The van der Waals surface area contributed by atoms with E-state index in [4.69, 9.17) is 17.3 Å². The number of nitrogens with two attached hydrogens (primary N) is 1. The van der Waals surface area contributed by atoms with Gasteiger partial charge in [-0.25, -0.2) is 0 Å². The lowest BCUT2D eigenvalue weighted by molar-refractivity contribution is -0.123. The Bertz CT molecular complexity index is 395. The van der Waals surface area contributed by atoms with Crippen LogP contribution in [0.1, 0.15) is 32.3 Å². The van der Waals surface area contributed by atoms with E-state index in [0.717, 1.165) is 24.8 Å². The molecule has 2 atom stereocenters. The van der Waals surface area contributed by atoms with Crippen LogP contribution in [0.4, 0.5) is 0 Å².